The van der Waals surface area contributed by atoms with E-state index in [-0.39, 0.29) is 6.04 Å². The Bertz CT molecular complexity index is 596. The molecule has 1 saturated carbocycles. The van der Waals surface area contributed by atoms with E-state index in [4.69, 9.17) is 9.47 Å². The van der Waals surface area contributed by atoms with E-state index in [1.807, 2.05) is 19.1 Å². The van der Waals surface area contributed by atoms with Crippen LogP contribution in [0.2, 0.25) is 0 Å². The van der Waals surface area contributed by atoms with Crippen molar-refractivity contribution in [1.29, 1.82) is 0 Å². The van der Waals surface area contributed by atoms with Crippen molar-refractivity contribution in [3.05, 3.63) is 23.8 Å². The molecule has 21 heavy (non-hydrogen) atoms. The van der Waals surface area contributed by atoms with Gasteiger partial charge in [-0.2, -0.15) is 4.31 Å². The van der Waals surface area contributed by atoms with Gasteiger partial charge in [-0.15, -0.1) is 0 Å². The molecule has 0 bridgehead atoms. The van der Waals surface area contributed by atoms with E-state index in [0.29, 0.717) is 24.0 Å². The maximum Gasteiger partial charge on any atom is 0.211 e. The molecule has 0 saturated heterocycles. The van der Waals surface area contributed by atoms with Gasteiger partial charge in [0.25, 0.3) is 0 Å². The third kappa shape index (κ3) is 3.89. The molecule has 1 atom stereocenters. The first-order chi connectivity index (χ1) is 9.86. The summed E-state index contributed by atoms with van der Waals surface area (Å²) in [5.41, 5.74) is 0.844. The molecule has 0 unspecified atom stereocenters. The fourth-order valence-corrected chi connectivity index (χ4v) is 3.68. The Morgan fingerprint density at radius 1 is 1.29 bits per heavy atom. The lowest BCUT2D eigenvalue weighted by Crippen LogP contribution is -2.38. The summed E-state index contributed by atoms with van der Waals surface area (Å²) in [4.78, 5) is 0. The number of benzene rings is 1. The zero-order valence-corrected chi connectivity index (χ0v) is 13.8. The minimum atomic E-state index is -3.26. The highest BCUT2D eigenvalue weighted by atomic mass is 32.2. The van der Waals surface area contributed by atoms with Crippen LogP contribution in [0.25, 0.3) is 0 Å². The van der Waals surface area contributed by atoms with Gasteiger partial charge in [0.15, 0.2) is 0 Å². The number of ether oxygens (including phenoxy) is 2. The van der Waals surface area contributed by atoms with E-state index in [9.17, 15) is 8.42 Å². The van der Waals surface area contributed by atoms with Gasteiger partial charge in [-0.1, -0.05) is 6.07 Å². The predicted octanol–water partition coefficient (Wildman–Crippen LogP) is 2.26. The topological polar surface area (TPSA) is 55.8 Å². The van der Waals surface area contributed by atoms with E-state index in [1.165, 1.54) is 6.26 Å². The van der Waals surface area contributed by atoms with Gasteiger partial charge >= 0.3 is 0 Å². The van der Waals surface area contributed by atoms with Gasteiger partial charge in [-0.3, -0.25) is 0 Å². The Morgan fingerprint density at radius 3 is 2.43 bits per heavy atom. The van der Waals surface area contributed by atoms with Crippen molar-refractivity contribution >= 4 is 10.0 Å². The maximum atomic E-state index is 12.1. The third-order valence-corrected chi connectivity index (χ3v) is 5.32. The zero-order valence-electron chi connectivity index (χ0n) is 13.0. The van der Waals surface area contributed by atoms with Crippen molar-refractivity contribution in [2.24, 2.45) is 5.92 Å². The van der Waals surface area contributed by atoms with Gasteiger partial charge in [0, 0.05) is 24.2 Å². The molecule has 5 nitrogen and oxygen atoms in total. The minimum absolute atomic E-state index is 0.0202. The quantitative estimate of drug-likeness (QED) is 0.775. The van der Waals surface area contributed by atoms with Crippen LogP contribution in [0.3, 0.4) is 0 Å². The zero-order chi connectivity index (χ0) is 15.6. The summed E-state index contributed by atoms with van der Waals surface area (Å²) in [6, 6.07) is 5.47. The first-order valence-corrected chi connectivity index (χ1v) is 8.89. The number of hydrogen-bond acceptors (Lipinski definition) is 4. The summed E-state index contributed by atoms with van der Waals surface area (Å²) in [5.74, 6) is 1.81. The summed E-state index contributed by atoms with van der Waals surface area (Å²) in [6.45, 7) is 2.30. The minimum Gasteiger partial charge on any atom is -0.497 e. The van der Waals surface area contributed by atoms with Crippen LogP contribution in [-0.2, 0) is 16.6 Å². The van der Waals surface area contributed by atoms with Crippen molar-refractivity contribution in [3.63, 3.8) is 0 Å². The van der Waals surface area contributed by atoms with Crippen LogP contribution in [0.5, 0.6) is 11.5 Å². The number of methoxy groups -OCH3 is 2. The molecule has 118 valence electrons. The van der Waals surface area contributed by atoms with Crippen LogP contribution in [0, 0.1) is 5.92 Å². The monoisotopic (exact) mass is 313 g/mol. The number of nitrogens with zero attached hydrogens (tertiary/aromatic N) is 1. The standard InChI is InChI=1S/C15H23NO4S/c1-11(12-5-6-12)16(21(4,17)18)10-13-7-8-14(19-2)9-15(13)20-3/h7-9,11-12H,5-6,10H2,1-4H3/t11-/m1/s1. The first-order valence-electron chi connectivity index (χ1n) is 7.04. The smallest absolute Gasteiger partial charge is 0.211 e. The van der Waals surface area contributed by atoms with Crippen LogP contribution in [0.15, 0.2) is 18.2 Å². The molecule has 6 heteroatoms. The van der Waals surface area contributed by atoms with Gasteiger partial charge in [-0.05, 0) is 31.7 Å². The Kier molecular flexibility index (Phi) is 4.78. The van der Waals surface area contributed by atoms with Crippen molar-refractivity contribution in [1.82, 2.24) is 4.31 Å². The molecule has 0 N–H and O–H groups in total. The largest absolute Gasteiger partial charge is 0.497 e. The number of hydrogen-bond donors (Lipinski definition) is 0. The highest BCUT2D eigenvalue weighted by Crippen LogP contribution is 2.37. The average molecular weight is 313 g/mol. The first kappa shape index (κ1) is 16.1. The molecule has 1 aromatic rings. The third-order valence-electron chi connectivity index (χ3n) is 4.00. The summed E-state index contributed by atoms with van der Waals surface area (Å²) < 4.78 is 36.3. The molecule has 1 aromatic carbocycles. The van der Waals surface area contributed by atoms with Crippen molar-refractivity contribution < 1.29 is 17.9 Å². The molecule has 1 aliphatic carbocycles. The fraction of sp³-hybridized carbons (Fsp3) is 0.600. The van der Waals surface area contributed by atoms with Crippen LogP contribution in [-0.4, -0.2) is 39.2 Å². The molecule has 2 rings (SSSR count). The molecule has 0 aromatic heterocycles. The highest BCUT2D eigenvalue weighted by Gasteiger charge is 2.36. The molecular formula is C15H23NO4S. The average Bonchev–Trinajstić information content (AvgIpc) is 3.27. The number of rotatable bonds is 7. The maximum absolute atomic E-state index is 12.1. The second-order valence-corrected chi connectivity index (χ2v) is 7.50. The molecule has 0 aliphatic heterocycles. The van der Waals surface area contributed by atoms with Gasteiger partial charge in [0.1, 0.15) is 11.5 Å². The normalized spacial score (nSPS) is 16.8. The lowest BCUT2D eigenvalue weighted by molar-refractivity contribution is 0.299. The van der Waals surface area contributed by atoms with E-state index in [2.05, 4.69) is 0 Å². The van der Waals surface area contributed by atoms with Crippen LogP contribution in [0.1, 0.15) is 25.3 Å². The molecule has 1 aliphatic rings. The molecular weight excluding hydrogens is 290 g/mol. The summed E-state index contributed by atoms with van der Waals surface area (Å²) in [5, 5.41) is 0. The summed E-state index contributed by atoms with van der Waals surface area (Å²) >= 11 is 0. The Labute approximate surface area is 126 Å². The summed E-state index contributed by atoms with van der Waals surface area (Å²) in [6.07, 6.45) is 3.47. The number of sulfonamides is 1. The van der Waals surface area contributed by atoms with Crippen molar-refractivity contribution in [3.8, 4) is 11.5 Å². The SMILES string of the molecule is COc1ccc(CN([C@H](C)C2CC2)S(C)(=O)=O)c(OC)c1. The van der Waals surface area contributed by atoms with Crippen LogP contribution < -0.4 is 9.47 Å². The predicted molar refractivity (Wildman–Crippen MR) is 82.1 cm³/mol. The lowest BCUT2D eigenvalue weighted by atomic mass is 10.1. The summed E-state index contributed by atoms with van der Waals surface area (Å²) in [7, 11) is -0.0950. The Balaban J connectivity index is 2.28. The highest BCUT2D eigenvalue weighted by molar-refractivity contribution is 7.88. The van der Waals surface area contributed by atoms with E-state index >= 15 is 0 Å². The lowest BCUT2D eigenvalue weighted by Gasteiger charge is -2.27. The van der Waals surface area contributed by atoms with E-state index in [0.717, 1.165) is 18.4 Å². The van der Waals surface area contributed by atoms with Crippen LogP contribution >= 0.6 is 0 Å². The second-order valence-electron chi connectivity index (χ2n) is 5.56. The Hall–Kier alpha value is -1.27. The molecule has 0 spiro atoms. The second kappa shape index (κ2) is 6.23. The van der Waals surface area contributed by atoms with E-state index in [1.54, 1.807) is 24.6 Å². The molecule has 0 radical (unpaired) electrons. The fourth-order valence-electron chi connectivity index (χ4n) is 2.53. The Morgan fingerprint density at radius 2 is 1.95 bits per heavy atom. The van der Waals surface area contributed by atoms with Gasteiger partial charge in [0.05, 0.1) is 20.5 Å². The molecule has 0 heterocycles. The van der Waals surface area contributed by atoms with Gasteiger partial charge in [0.2, 0.25) is 10.0 Å². The van der Waals surface area contributed by atoms with Crippen molar-refractivity contribution in [2.75, 3.05) is 20.5 Å². The molecule has 1 fully saturated rings. The van der Waals surface area contributed by atoms with Gasteiger partial charge < -0.3 is 9.47 Å². The van der Waals surface area contributed by atoms with E-state index < -0.39 is 10.0 Å². The van der Waals surface area contributed by atoms with Crippen molar-refractivity contribution in [2.45, 2.75) is 32.4 Å². The van der Waals surface area contributed by atoms with Gasteiger partial charge in [-0.25, -0.2) is 8.42 Å². The van der Waals surface area contributed by atoms with Crippen LogP contribution in [0.4, 0.5) is 0 Å². The molecule has 0 amide bonds.